The lowest BCUT2D eigenvalue weighted by molar-refractivity contribution is -0.172. The smallest absolute Gasteiger partial charge is 0.323 e. The van der Waals surface area contributed by atoms with Gasteiger partial charge in [-0.3, -0.25) is 9.59 Å². The Labute approximate surface area is 102 Å². The van der Waals surface area contributed by atoms with E-state index >= 15 is 0 Å². The maximum Gasteiger partial charge on any atom is 0.323 e. The Bertz CT molecular complexity index is 281. The lowest BCUT2D eigenvalue weighted by Crippen LogP contribution is -2.45. The molecule has 1 aliphatic rings. The minimum atomic E-state index is -1.30. The van der Waals surface area contributed by atoms with E-state index < -0.39 is 17.4 Å². The Kier molecular flexibility index (Phi) is 4.97. The topological polar surface area (TPSA) is 63.6 Å². The van der Waals surface area contributed by atoms with Crippen LogP contribution < -0.4 is 0 Å². The Hall–Kier alpha value is -1.06. The average molecular weight is 242 g/mol. The van der Waals surface area contributed by atoms with Gasteiger partial charge in [-0.1, -0.05) is 32.6 Å². The number of hydrogen-bond donors (Lipinski definition) is 1. The van der Waals surface area contributed by atoms with Gasteiger partial charge in [-0.15, -0.1) is 0 Å². The van der Waals surface area contributed by atoms with Crippen LogP contribution in [0.4, 0.5) is 0 Å². The molecule has 1 saturated carbocycles. The van der Waals surface area contributed by atoms with Gasteiger partial charge in [-0.05, 0) is 25.2 Å². The monoisotopic (exact) mass is 242 g/mol. The number of aliphatic carboxylic acids is 1. The minimum Gasteiger partial charge on any atom is -0.480 e. The first-order chi connectivity index (χ1) is 8.09. The molecule has 0 heterocycles. The van der Waals surface area contributed by atoms with Gasteiger partial charge in [0.15, 0.2) is 5.41 Å². The minimum absolute atomic E-state index is 0.0565. The van der Waals surface area contributed by atoms with Crippen molar-refractivity contribution in [3.8, 4) is 0 Å². The number of hydrogen-bond acceptors (Lipinski definition) is 3. The lowest BCUT2D eigenvalue weighted by atomic mass is 9.71. The summed E-state index contributed by atoms with van der Waals surface area (Å²) < 4.78 is 4.77. The second-order valence-corrected chi connectivity index (χ2v) is 4.85. The number of rotatable bonds is 6. The summed E-state index contributed by atoms with van der Waals surface area (Å²) in [6.07, 6.45) is 5.72. The highest BCUT2D eigenvalue weighted by atomic mass is 16.5. The summed E-state index contributed by atoms with van der Waals surface area (Å²) in [5.41, 5.74) is -1.30. The quantitative estimate of drug-likeness (QED) is 0.574. The van der Waals surface area contributed by atoms with E-state index in [4.69, 9.17) is 4.74 Å². The number of carbonyl (C=O) groups is 2. The fourth-order valence-corrected chi connectivity index (χ4v) is 2.90. The second-order valence-electron chi connectivity index (χ2n) is 4.85. The molecule has 4 heteroatoms. The van der Waals surface area contributed by atoms with Crippen LogP contribution in [0.15, 0.2) is 0 Å². The van der Waals surface area contributed by atoms with Crippen molar-refractivity contribution >= 4 is 11.9 Å². The van der Waals surface area contributed by atoms with Gasteiger partial charge >= 0.3 is 11.9 Å². The van der Waals surface area contributed by atoms with Crippen molar-refractivity contribution in [3.63, 3.8) is 0 Å². The van der Waals surface area contributed by atoms with Gasteiger partial charge in [0.1, 0.15) is 0 Å². The molecule has 1 N–H and O–H groups in total. The van der Waals surface area contributed by atoms with Crippen LogP contribution in [-0.2, 0) is 14.3 Å². The molecule has 98 valence electrons. The third-order valence-corrected chi connectivity index (χ3v) is 3.91. The predicted octanol–water partition coefficient (Wildman–Crippen LogP) is 2.61. The Morgan fingerprint density at radius 1 is 1.35 bits per heavy atom. The van der Waals surface area contributed by atoms with Crippen molar-refractivity contribution in [2.24, 2.45) is 11.3 Å². The predicted molar refractivity (Wildman–Crippen MR) is 63.6 cm³/mol. The summed E-state index contributed by atoms with van der Waals surface area (Å²) in [7, 11) is 1.28. The van der Waals surface area contributed by atoms with Crippen LogP contribution in [0.25, 0.3) is 0 Å². The van der Waals surface area contributed by atoms with Gasteiger partial charge in [0.05, 0.1) is 7.11 Å². The third kappa shape index (κ3) is 2.61. The molecule has 1 rings (SSSR count). The van der Waals surface area contributed by atoms with E-state index in [1.807, 2.05) is 6.92 Å². The normalized spacial score (nSPS) is 19.9. The number of carbonyl (C=O) groups excluding carboxylic acids is 1. The third-order valence-electron chi connectivity index (χ3n) is 3.91. The molecule has 0 spiro atoms. The van der Waals surface area contributed by atoms with Gasteiger partial charge in [-0.25, -0.2) is 0 Å². The summed E-state index contributed by atoms with van der Waals surface area (Å²) in [6, 6.07) is 0. The molecule has 0 aromatic heterocycles. The highest BCUT2D eigenvalue weighted by Gasteiger charge is 2.53. The maximum atomic E-state index is 12.0. The van der Waals surface area contributed by atoms with E-state index in [0.29, 0.717) is 6.42 Å². The molecule has 1 fully saturated rings. The average Bonchev–Trinajstić information content (AvgIpc) is 2.83. The second kappa shape index (κ2) is 6.03. The molecular formula is C13H22O4. The van der Waals surface area contributed by atoms with Crippen LogP contribution in [-0.4, -0.2) is 24.2 Å². The van der Waals surface area contributed by atoms with Crippen LogP contribution in [0, 0.1) is 11.3 Å². The zero-order valence-electron chi connectivity index (χ0n) is 10.7. The molecule has 0 aromatic carbocycles. The van der Waals surface area contributed by atoms with Gasteiger partial charge in [0.2, 0.25) is 0 Å². The molecular weight excluding hydrogens is 220 g/mol. The number of carboxylic acid groups (broad SMARTS) is 1. The van der Waals surface area contributed by atoms with E-state index in [1.54, 1.807) is 0 Å². The van der Waals surface area contributed by atoms with Crippen LogP contribution in [0.2, 0.25) is 0 Å². The van der Waals surface area contributed by atoms with E-state index in [-0.39, 0.29) is 5.92 Å². The Balaban J connectivity index is 3.00. The number of unbranched alkanes of at least 4 members (excludes halogenated alkanes) is 1. The molecule has 4 nitrogen and oxygen atoms in total. The first-order valence-corrected chi connectivity index (χ1v) is 6.41. The van der Waals surface area contributed by atoms with Crippen molar-refractivity contribution in [1.82, 2.24) is 0 Å². The van der Waals surface area contributed by atoms with Crippen LogP contribution in [0.1, 0.15) is 51.9 Å². The van der Waals surface area contributed by atoms with Crippen LogP contribution in [0.5, 0.6) is 0 Å². The van der Waals surface area contributed by atoms with Gasteiger partial charge in [0, 0.05) is 0 Å². The summed E-state index contributed by atoms with van der Waals surface area (Å²) in [5, 5.41) is 9.51. The van der Waals surface area contributed by atoms with E-state index in [9.17, 15) is 14.7 Å². The number of carboxylic acids is 1. The fraction of sp³-hybridized carbons (Fsp3) is 0.846. The van der Waals surface area contributed by atoms with Crippen molar-refractivity contribution in [2.75, 3.05) is 7.11 Å². The molecule has 0 amide bonds. The molecule has 1 atom stereocenters. The van der Waals surface area contributed by atoms with Crippen molar-refractivity contribution in [1.29, 1.82) is 0 Å². The molecule has 0 aromatic rings. The molecule has 0 bridgehead atoms. The van der Waals surface area contributed by atoms with Crippen molar-refractivity contribution in [2.45, 2.75) is 51.9 Å². The summed E-state index contributed by atoms with van der Waals surface area (Å²) in [6.45, 7) is 2.00. The van der Waals surface area contributed by atoms with E-state index in [0.717, 1.165) is 38.5 Å². The highest BCUT2D eigenvalue weighted by molar-refractivity contribution is 5.99. The van der Waals surface area contributed by atoms with Gasteiger partial charge in [0.25, 0.3) is 0 Å². The van der Waals surface area contributed by atoms with E-state index in [1.165, 1.54) is 7.11 Å². The first kappa shape index (κ1) is 14.0. The number of ether oxygens (including phenoxy) is 1. The van der Waals surface area contributed by atoms with Gasteiger partial charge < -0.3 is 9.84 Å². The molecule has 0 aliphatic heterocycles. The fourth-order valence-electron chi connectivity index (χ4n) is 2.90. The molecule has 1 aliphatic carbocycles. The summed E-state index contributed by atoms with van der Waals surface area (Å²) in [4.78, 5) is 23.6. The molecule has 17 heavy (non-hydrogen) atoms. The number of esters is 1. The largest absolute Gasteiger partial charge is 0.480 e. The van der Waals surface area contributed by atoms with Crippen LogP contribution in [0.3, 0.4) is 0 Å². The molecule has 0 radical (unpaired) electrons. The first-order valence-electron chi connectivity index (χ1n) is 6.41. The Morgan fingerprint density at radius 2 is 1.94 bits per heavy atom. The molecule has 1 unspecified atom stereocenters. The SMILES string of the molecule is CCCCC(C(=O)O)(C(=O)OC)C1CCCC1. The number of methoxy groups -OCH3 is 1. The molecule has 0 saturated heterocycles. The maximum absolute atomic E-state index is 12.0. The zero-order valence-corrected chi connectivity index (χ0v) is 10.7. The highest BCUT2D eigenvalue weighted by Crippen LogP contribution is 2.44. The van der Waals surface area contributed by atoms with Crippen molar-refractivity contribution < 1.29 is 19.4 Å². The lowest BCUT2D eigenvalue weighted by Gasteiger charge is -2.32. The zero-order chi connectivity index (χ0) is 12.9. The summed E-state index contributed by atoms with van der Waals surface area (Å²) >= 11 is 0. The van der Waals surface area contributed by atoms with E-state index in [2.05, 4.69) is 0 Å². The van der Waals surface area contributed by atoms with Crippen molar-refractivity contribution in [3.05, 3.63) is 0 Å². The summed E-state index contributed by atoms with van der Waals surface area (Å²) in [5.74, 6) is -1.63. The van der Waals surface area contributed by atoms with Crippen LogP contribution >= 0.6 is 0 Å². The van der Waals surface area contributed by atoms with Gasteiger partial charge in [-0.2, -0.15) is 0 Å². The Morgan fingerprint density at radius 3 is 2.35 bits per heavy atom. The standard InChI is InChI=1S/C13H22O4/c1-3-4-9-13(11(14)15,12(16)17-2)10-7-5-6-8-10/h10H,3-9H2,1-2H3,(H,14,15).